The van der Waals surface area contributed by atoms with Gasteiger partial charge in [0.25, 0.3) is 0 Å². The van der Waals surface area contributed by atoms with E-state index in [0.29, 0.717) is 12.0 Å². The van der Waals surface area contributed by atoms with Crippen LogP contribution < -0.4 is 0 Å². The second kappa shape index (κ2) is 6.74. The van der Waals surface area contributed by atoms with Gasteiger partial charge in [-0.15, -0.1) is 0 Å². The molecule has 0 aromatic carbocycles. The molecular formula is C12H26O3Si. The Hall–Kier alpha value is 0.0969. The Morgan fingerprint density at radius 1 is 1.31 bits per heavy atom. The molecule has 1 aliphatic rings. The van der Waals surface area contributed by atoms with Crippen LogP contribution in [0.3, 0.4) is 0 Å². The fourth-order valence-corrected chi connectivity index (χ4v) is 3.91. The number of ether oxygens (including phenoxy) is 1. The van der Waals surface area contributed by atoms with Crippen molar-refractivity contribution in [2.45, 2.75) is 52.3 Å². The summed E-state index contributed by atoms with van der Waals surface area (Å²) in [6.45, 7) is 11.2. The van der Waals surface area contributed by atoms with Gasteiger partial charge in [-0.2, -0.15) is 0 Å². The maximum Gasteiger partial charge on any atom is 0.334 e. The van der Waals surface area contributed by atoms with E-state index in [1.165, 1.54) is 0 Å². The van der Waals surface area contributed by atoms with Crippen LogP contribution >= 0.6 is 0 Å². The van der Waals surface area contributed by atoms with Crippen LogP contribution in [0, 0.1) is 5.92 Å². The summed E-state index contributed by atoms with van der Waals surface area (Å²) in [6, 6.07) is 1.02. The maximum atomic E-state index is 6.28. The van der Waals surface area contributed by atoms with Crippen LogP contribution in [0.2, 0.25) is 12.6 Å². The van der Waals surface area contributed by atoms with Crippen molar-refractivity contribution in [3.8, 4) is 0 Å². The van der Waals surface area contributed by atoms with Crippen molar-refractivity contribution in [2.75, 3.05) is 19.8 Å². The van der Waals surface area contributed by atoms with Gasteiger partial charge in [0.15, 0.2) is 0 Å². The predicted octanol–water partition coefficient (Wildman–Crippen LogP) is 2.95. The third-order valence-corrected chi connectivity index (χ3v) is 6.15. The molecule has 0 aromatic heterocycles. The molecule has 1 fully saturated rings. The average Bonchev–Trinajstić information content (AvgIpc) is 2.23. The minimum Gasteiger partial charge on any atom is -0.394 e. The quantitative estimate of drug-likeness (QED) is 0.616. The van der Waals surface area contributed by atoms with Crippen molar-refractivity contribution >= 4 is 8.56 Å². The molecule has 2 atom stereocenters. The summed E-state index contributed by atoms with van der Waals surface area (Å²) in [6.07, 6.45) is 2.46. The molecule has 0 spiro atoms. The van der Waals surface area contributed by atoms with Crippen LogP contribution in [0.15, 0.2) is 0 Å². The second-order valence-electron chi connectivity index (χ2n) is 4.70. The molecule has 0 radical (unpaired) electrons. The maximum absolute atomic E-state index is 6.28. The molecule has 4 heteroatoms. The number of hydrogen-bond acceptors (Lipinski definition) is 3. The van der Waals surface area contributed by atoms with Gasteiger partial charge < -0.3 is 13.6 Å². The Morgan fingerprint density at radius 3 is 2.38 bits per heavy atom. The summed E-state index contributed by atoms with van der Waals surface area (Å²) in [5.74, 6) is 0.591. The summed E-state index contributed by atoms with van der Waals surface area (Å²) >= 11 is 0. The largest absolute Gasteiger partial charge is 0.394 e. The highest BCUT2D eigenvalue weighted by Gasteiger charge is 2.37. The van der Waals surface area contributed by atoms with Gasteiger partial charge in [-0.25, -0.2) is 0 Å². The molecule has 96 valence electrons. The topological polar surface area (TPSA) is 27.7 Å². The summed E-state index contributed by atoms with van der Waals surface area (Å²) in [5.41, 5.74) is 0. The smallest absolute Gasteiger partial charge is 0.334 e. The molecule has 0 aromatic rings. The third-order valence-electron chi connectivity index (χ3n) is 3.25. The lowest BCUT2D eigenvalue weighted by Crippen LogP contribution is -2.48. The molecule has 0 aliphatic carbocycles. The minimum absolute atomic E-state index is 0.335. The second-order valence-corrected chi connectivity index (χ2v) is 8.20. The molecule has 1 rings (SSSR count). The molecule has 0 saturated carbocycles. The molecule has 1 heterocycles. The van der Waals surface area contributed by atoms with Gasteiger partial charge >= 0.3 is 8.56 Å². The summed E-state index contributed by atoms with van der Waals surface area (Å²) in [7, 11) is -1.93. The van der Waals surface area contributed by atoms with Crippen LogP contribution in [0.1, 0.15) is 33.6 Å². The number of hydrogen-bond donors (Lipinski definition) is 0. The Bertz CT molecular complexity index is 197. The van der Waals surface area contributed by atoms with E-state index < -0.39 is 8.56 Å². The zero-order chi connectivity index (χ0) is 12.0. The Kier molecular flexibility index (Phi) is 5.96. The van der Waals surface area contributed by atoms with Gasteiger partial charge in [0.2, 0.25) is 0 Å². The molecule has 0 N–H and O–H groups in total. The van der Waals surface area contributed by atoms with Crippen molar-refractivity contribution in [2.24, 2.45) is 5.92 Å². The van der Waals surface area contributed by atoms with E-state index in [4.69, 9.17) is 13.6 Å². The van der Waals surface area contributed by atoms with Gasteiger partial charge in [-0.3, -0.25) is 0 Å². The van der Waals surface area contributed by atoms with Gasteiger partial charge in [0.1, 0.15) is 0 Å². The van der Waals surface area contributed by atoms with E-state index in [-0.39, 0.29) is 0 Å². The first-order chi connectivity index (χ1) is 7.65. The molecular weight excluding hydrogens is 220 g/mol. The first kappa shape index (κ1) is 14.2. The molecule has 1 aliphatic heterocycles. The van der Waals surface area contributed by atoms with Crippen molar-refractivity contribution in [3.05, 3.63) is 0 Å². The summed E-state index contributed by atoms with van der Waals surface area (Å²) in [5, 5.41) is 0. The lowest BCUT2D eigenvalue weighted by Gasteiger charge is -2.38. The van der Waals surface area contributed by atoms with Gasteiger partial charge in [0, 0.05) is 12.5 Å². The number of rotatable bonds is 8. The van der Waals surface area contributed by atoms with Crippen molar-refractivity contribution in [3.63, 3.8) is 0 Å². The highest BCUT2D eigenvalue weighted by atomic mass is 28.4. The monoisotopic (exact) mass is 246 g/mol. The zero-order valence-electron chi connectivity index (χ0n) is 11.1. The van der Waals surface area contributed by atoms with Crippen LogP contribution in [-0.4, -0.2) is 34.5 Å². The van der Waals surface area contributed by atoms with E-state index in [1.807, 2.05) is 0 Å². The Balaban J connectivity index is 2.44. The zero-order valence-corrected chi connectivity index (χ0v) is 12.1. The Labute approximate surface area is 101 Å². The fraction of sp³-hybridized carbons (Fsp3) is 1.00. The van der Waals surface area contributed by atoms with Crippen molar-refractivity contribution in [1.82, 2.24) is 0 Å². The van der Waals surface area contributed by atoms with E-state index in [1.54, 1.807) is 0 Å². The lowest BCUT2D eigenvalue weighted by molar-refractivity contribution is -0.0918. The molecule has 0 amide bonds. The summed E-state index contributed by atoms with van der Waals surface area (Å²) < 4.78 is 17.5. The standard InChI is InChI=1S/C12H26O3Si/c1-5-8-14-16(4,7-3)15-12(6-2)11-9-13-10-11/h11-12H,5-10H2,1-4H3. The lowest BCUT2D eigenvalue weighted by atomic mass is 9.99. The average molecular weight is 246 g/mol. The van der Waals surface area contributed by atoms with Crippen LogP contribution in [0.4, 0.5) is 0 Å². The summed E-state index contributed by atoms with van der Waals surface area (Å²) in [4.78, 5) is 0. The fourth-order valence-electron chi connectivity index (χ4n) is 1.84. The van der Waals surface area contributed by atoms with Crippen molar-refractivity contribution in [1.29, 1.82) is 0 Å². The van der Waals surface area contributed by atoms with E-state index >= 15 is 0 Å². The van der Waals surface area contributed by atoms with Crippen LogP contribution in [0.25, 0.3) is 0 Å². The first-order valence-corrected chi connectivity index (χ1v) is 9.07. The molecule has 16 heavy (non-hydrogen) atoms. The predicted molar refractivity (Wildman–Crippen MR) is 67.8 cm³/mol. The van der Waals surface area contributed by atoms with Crippen LogP contribution in [-0.2, 0) is 13.6 Å². The highest BCUT2D eigenvalue weighted by molar-refractivity contribution is 6.65. The van der Waals surface area contributed by atoms with Crippen LogP contribution in [0.5, 0.6) is 0 Å². The Morgan fingerprint density at radius 2 is 2.00 bits per heavy atom. The highest BCUT2D eigenvalue weighted by Crippen LogP contribution is 2.25. The van der Waals surface area contributed by atoms with E-state index in [0.717, 1.165) is 38.7 Å². The van der Waals surface area contributed by atoms with Crippen molar-refractivity contribution < 1.29 is 13.6 Å². The van der Waals surface area contributed by atoms with E-state index in [9.17, 15) is 0 Å². The minimum atomic E-state index is -1.93. The van der Waals surface area contributed by atoms with E-state index in [2.05, 4.69) is 27.3 Å². The molecule has 1 saturated heterocycles. The SMILES string of the molecule is CCCO[Si](C)(CC)OC(CC)C1COC1. The molecule has 2 unspecified atom stereocenters. The first-order valence-electron chi connectivity index (χ1n) is 6.54. The van der Waals surface area contributed by atoms with Gasteiger partial charge in [-0.05, 0) is 25.4 Å². The normalized spacial score (nSPS) is 22.5. The van der Waals surface area contributed by atoms with Gasteiger partial charge in [-0.1, -0.05) is 20.8 Å². The molecule has 0 bridgehead atoms. The van der Waals surface area contributed by atoms with Gasteiger partial charge in [0.05, 0.1) is 19.3 Å². The molecule has 3 nitrogen and oxygen atoms in total. The third kappa shape index (κ3) is 3.84.